The third kappa shape index (κ3) is 3.22. The van der Waals surface area contributed by atoms with Crippen LogP contribution < -0.4 is 10.1 Å². The summed E-state index contributed by atoms with van der Waals surface area (Å²) in [6.45, 7) is 1.42. The van der Waals surface area contributed by atoms with Crippen molar-refractivity contribution in [1.29, 1.82) is 0 Å². The molecule has 1 N–H and O–H groups in total. The molecule has 21 heavy (non-hydrogen) atoms. The zero-order valence-electron chi connectivity index (χ0n) is 11.9. The van der Waals surface area contributed by atoms with Crippen molar-refractivity contribution in [2.24, 2.45) is 0 Å². The zero-order valence-corrected chi connectivity index (χ0v) is 12.7. The van der Waals surface area contributed by atoms with E-state index >= 15 is 0 Å². The molecule has 3 rings (SSSR count). The lowest BCUT2D eigenvalue weighted by Gasteiger charge is -2.11. The molecular formula is C15H18N2O3S. The molecule has 2 aliphatic heterocycles. The van der Waals surface area contributed by atoms with Crippen LogP contribution in [0.4, 0.5) is 0 Å². The zero-order chi connectivity index (χ0) is 14.8. The maximum Gasteiger partial charge on any atom is 0.239 e. The minimum atomic E-state index is -0.295. The van der Waals surface area contributed by atoms with Crippen molar-refractivity contribution in [2.75, 3.05) is 19.4 Å². The van der Waals surface area contributed by atoms with Crippen molar-refractivity contribution in [2.45, 2.75) is 25.0 Å². The summed E-state index contributed by atoms with van der Waals surface area (Å²) in [7, 11) is 1.65. The largest absolute Gasteiger partial charge is 0.496 e. The molecule has 3 unspecified atom stereocenters. The highest BCUT2D eigenvalue weighted by atomic mass is 32.2. The number of carbonyl (C=O) groups is 2. The van der Waals surface area contributed by atoms with Gasteiger partial charge in [-0.2, -0.15) is 0 Å². The lowest BCUT2D eigenvalue weighted by molar-refractivity contribution is -0.124. The van der Waals surface area contributed by atoms with Crippen molar-refractivity contribution < 1.29 is 14.3 Å². The quantitative estimate of drug-likeness (QED) is 0.823. The second-order valence-electron chi connectivity index (χ2n) is 5.27. The minimum absolute atomic E-state index is 0.0363. The predicted molar refractivity (Wildman–Crippen MR) is 81.2 cm³/mol. The molecule has 1 aromatic rings. The Morgan fingerprint density at radius 3 is 3.00 bits per heavy atom. The van der Waals surface area contributed by atoms with Gasteiger partial charge in [0, 0.05) is 24.4 Å². The van der Waals surface area contributed by atoms with Gasteiger partial charge < -0.3 is 10.1 Å². The van der Waals surface area contributed by atoms with E-state index in [0.29, 0.717) is 6.54 Å². The molecule has 3 atom stereocenters. The summed E-state index contributed by atoms with van der Waals surface area (Å²) < 4.78 is 5.32. The van der Waals surface area contributed by atoms with E-state index in [1.807, 2.05) is 24.3 Å². The molecule has 0 saturated carbocycles. The van der Waals surface area contributed by atoms with Crippen LogP contribution in [0.5, 0.6) is 5.75 Å². The maximum atomic E-state index is 12.1. The molecule has 0 spiro atoms. The maximum absolute atomic E-state index is 12.1. The average Bonchev–Trinajstić information content (AvgIpc) is 3.15. The van der Waals surface area contributed by atoms with Gasteiger partial charge in [0.2, 0.25) is 11.0 Å². The molecule has 112 valence electrons. The highest BCUT2D eigenvalue weighted by Crippen LogP contribution is 2.27. The molecule has 2 heterocycles. The lowest BCUT2D eigenvalue weighted by Crippen LogP contribution is -2.40. The third-order valence-corrected chi connectivity index (χ3v) is 4.84. The highest BCUT2D eigenvalue weighted by Gasteiger charge is 2.42. The summed E-state index contributed by atoms with van der Waals surface area (Å²) in [6.07, 6.45) is 0.745. The van der Waals surface area contributed by atoms with Gasteiger partial charge in [-0.15, -0.1) is 0 Å². The van der Waals surface area contributed by atoms with Crippen LogP contribution >= 0.6 is 11.8 Å². The van der Waals surface area contributed by atoms with E-state index in [4.69, 9.17) is 4.74 Å². The summed E-state index contributed by atoms with van der Waals surface area (Å²) >= 11 is 1.30. The standard InChI is InChI=1S/C15H18N2O3S/c1-20-13-5-3-2-4-10(13)8-17-9-12(17)14(18)16-11-6-7-21-15(11)19/h2-5,11-12H,6-9H2,1H3,(H,16,18). The average molecular weight is 306 g/mol. The summed E-state index contributed by atoms with van der Waals surface area (Å²) in [5.74, 6) is 1.61. The Morgan fingerprint density at radius 1 is 1.48 bits per heavy atom. The second kappa shape index (κ2) is 6.07. The number of ether oxygens (including phenoxy) is 1. The number of para-hydroxylation sites is 1. The van der Waals surface area contributed by atoms with Crippen LogP contribution in [0.3, 0.4) is 0 Å². The van der Waals surface area contributed by atoms with Gasteiger partial charge in [0.15, 0.2) is 0 Å². The first-order valence-electron chi connectivity index (χ1n) is 7.02. The van der Waals surface area contributed by atoms with Gasteiger partial charge >= 0.3 is 0 Å². The summed E-state index contributed by atoms with van der Waals surface area (Å²) in [5.41, 5.74) is 1.07. The second-order valence-corrected chi connectivity index (χ2v) is 6.37. The van der Waals surface area contributed by atoms with Crippen LogP contribution in [0.25, 0.3) is 0 Å². The van der Waals surface area contributed by atoms with Gasteiger partial charge in [-0.05, 0) is 12.5 Å². The van der Waals surface area contributed by atoms with E-state index in [2.05, 4.69) is 10.2 Å². The van der Waals surface area contributed by atoms with E-state index in [-0.39, 0.29) is 23.1 Å². The summed E-state index contributed by atoms with van der Waals surface area (Å²) in [4.78, 5) is 25.7. The number of hydrogen-bond acceptors (Lipinski definition) is 5. The first-order chi connectivity index (χ1) is 10.2. The Hall–Kier alpha value is -1.53. The number of thioether (sulfide) groups is 1. The molecular weight excluding hydrogens is 288 g/mol. The van der Waals surface area contributed by atoms with Crippen LogP contribution in [-0.2, 0) is 16.1 Å². The van der Waals surface area contributed by atoms with E-state index in [0.717, 1.165) is 30.0 Å². The van der Waals surface area contributed by atoms with Crippen LogP contribution in [0.1, 0.15) is 12.0 Å². The number of hydrogen-bond donors (Lipinski definition) is 1. The molecule has 2 aliphatic rings. The van der Waals surface area contributed by atoms with Crippen LogP contribution in [0.2, 0.25) is 0 Å². The molecule has 6 heteroatoms. The van der Waals surface area contributed by atoms with Crippen LogP contribution in [0.15, 0.2) is 24.3 Å². The smallest absolute Gasteiger partial charge is 0.239 e. The number of benzene rings is 1. The molecule has 2 saturated heterocycles. The Morgan fingerprint density at radius 2 is 2.29 bits per heavy atom. The Labute approximate surface area is 128 Å². The van der Waals surface area contributed by atoms with Crippen molar-refractivity contribution in [1.82, 2.24) is 10.2 Å². The number of methoxy groups -OCH3 is 1. The topological polar surface area (TPSA) is 58.4 Å². The van der Waals surface area contributed by atoms with Crippen LogP contribution in [-0.4, -0.2) is 47.4 Å². The van der Waals surface area contributed by atoms with Crippen molar-refractivity contribution in [3.63, 3.8) is 0 Å². The van der Waals surface area contributed by atoms with E-state index in [1.165, 1.54) is 11.8 Å². The fraction of sp³-hybridized carbons (Fsp3) is 0.467. The van der Waals surface area contributed by atoms with E-state index in [9.17, 15) is 9.59 Å². The van der Waals surface area contributed by atoms with E-state index < -0.39 is 0 Å². The molecule has 5 nitrogen and oxygen atoms in total. The first kappa shape index (κ1) is 14.4. The van der Waals surface area contributed by atoms with E-state index in [1.54, 1.807) is 7.11 Å². The number of amides is 1. The minimum Gasteiger partial charge on any atom is -0.496 e. The molecule has 0 aromatic heterocycles. The normalized spacial score (nSPS) is 27.5. The number of nitrogens with one attached hydrogen (secondary N) is 1. The fourth-order valence-corrected chi connectivity index (χ4v) is 3.48. The molecule has 1 aromatic carbocycles. The Bertz CT molecular complexity index is 564. The van der Waals surface area contributed by atoms with Gasteiger partial charge in [0.25, 0.3) is 0 Å². The number of carbonyl (C=O) groups excluding carboxylic acids is 2. The van der Waals surface area contributed by atoms with Gasteiger partial charge in [-0.3, -0.25) is 14.5 Å². The molecule has 1 amide bonds. The summed E-state index contributed by atoms with van der Waals surface area (Å²) in [5, 5.41) is 2.94. The van der Waals surface area contributed by atoms with Crippen molar-refractivity contribution >= 4 is 22.8 Å². The molecule has 0 radical (unpaired) electrons. The van der Waals surface area contributed by atoms with Gasteiger partial charge in [-0.25, -0.2) is 0 Å². The highest BCUT2D eigenvalue weighted by molar-refractivity contribution is 8.14. The first-order valence-corrected chi connectivity index (χ1v) is 8.00. The Kier molecular flexibility index (Phi) is 4.17. The Balaban J connectivity index is 1.54. The number of nitrogens with zero attached hydrogens (tertiary/aromatic N) is 1. The monoisotopic (exact) mass is 306 g/mol. The third-order valence-electron chi connectivity index (χ3n) is 3.84. The van der Waals surface area contributed by atoms with Gasteiger partial charge in [-0.1, -0.05) is 30.0 Å². The summed E-state index contributed by atoms with van der Waals surface area (Å²) in [6, 6.07) is 7.40. The van der Waals surface area contributed by atoms with Crippen molar-refractivity contribution in [3.8, 4) is 5.75 Å². The van der Waals surface area contributed by atoms with Crippen molar-refractivity contribution in [3.05, 3.63) is 29.8 Å². The number of rotatable bonds is 5. The SMILES string of the molecule is COc1ccccc1CN1CC1C(=O)NC1CCSC1=O. The lowest BCUT2D eigenvalue weighted by atomic mass is 10.2. The molecule has 0 aliphatic carbocycles. The van der Waals surface area contributed by atoms with Crippen LogP contribution in [0, 0.1) is 0 Å². The van der Waals surface area contributed by atoms with Gasteiger partial charge in [0.05, 0.1) is 13.2 Å². The molecule has 0 bridgehead atoms. The predicted octanol–water partition coefficient (Wildman–Crippen LogP) is 1.03. The fourth-order valence-electron chi connectivity index (χ4n) is 2.55. The van der Waals surface area contributed by atoms with Gasteiger partial charge in [0.1, 0.15) is 11.8 Å². The molecule has 2 fully saturated rings.